The molecule has 2 nitrogen and oxygen atoms in total. The summed E-state index contributed by atoms with van der Waals surface area (Å²) in [6.45, 7) is 2.15. The molecule has 0 atom stereocenters. The lowest BCUT2D eigenvalue weighted by atomic mass is 9.71. The number of anilines is 1. The molecule has 1 N–H and O–H groups in total. The zero-order valence-corrected chi connectivity index (χ0v) is 10.4. The maximum Gasteiger partial charge on any atom is 0.0606 e. The summed E-state index contributed by atoms with van der Waals surface area (Å²) in [6.07, 6.45) is 6.77. The highest BCUT2D eigenvalue weighted by atomic mass is 16.3. The zero-order chi connectivity index (χ0) is 11.7. The second kappa shape index (κ2) is 4.34. The number of aliphatic hydroxyl groups excluding tert-OH is 1. The van der Waals surface area contributed by atoms with Crippen molar-refractivity contribution in [3.8, 4) is 0 Å². The van der Waals surface area contributed by atoms with E-state index >= 15 is 0 Å². The van der Waals surface area contributed by atoms with Crippen LogP contribution in [0.3, 0.4) is 0 Å². The fourth-order valence-electron chi connectivity index (χ4n) is 3.71. The van der Waals surface area contributed by atoms with Crippen LogP contribution in [0, 0.1) is 0 Å². The van der Waals surface area contributed by atoms with Crippen molar-refractivity contribution in [2.45, 2.75) is 37.5 Å². The van der Waals surface area contributed by atoms with Crippen molar-refractivity contribution in [2.75, 3.05) is 24.6 Å². The first-order valence-electron chi connectivity index (χ1n) is 6.81. The van der Waals surface area contributed by atoms with Gasteiger partial charge in [0.05, 0.1) is 6.61 Å². The van der Waals surface area contributed by atoms with E-state index in [1.54, 1.807) is 0 Å². The fraction of sp³-hybridized carbons (Fsp3) is 0.600. The van der Waals surface area contributed by atoms with E-state index < -0.39 is 0 Å². The molecule has 0 bridgehead atoms. The Morgan fingerprint density at radius 2 is 1.88 bits per heavy atom. The lowest BCUT2D eigenvalue weighted by Gasteiger charge is -2.34. The van der Waals surface area contributed by atoms with E-state index in [1.165, 1.54) is 43.4 Å². The highest BCUT2D eigenvalue weighted by Crippen LogP contribution is 2.48. The summed E-state index contributed by atoms with van der Waals surface area (Å²) in [5.41, 5.74) is 3.29. The van der Waals surface area contributed by atoms with Gasteiger partial charge >= 0.3 is 0 Å². The summed E-state index contributed by atoms with van der Waals surface area (Å²) in [4.78, 5) is 2.38. The third kappa shape index (κ3) is 1.75. The standard InChI is InChI=1S/C15H21NO/c17-11-10-16-12-15(8-4-1-5-9-15)13-6-2-3-7-14(13)16/h2-3,6-7,17H,1,4-5,8-12H2. The SMILES string of the molecule is OCCN1CC2(CCCCC2)c2ccccc21. The van der Waals surface area contributed by atoms with Crippen molar-refractivity contribution in [1.82, 2.24) is 0 Å². The van der Waals surface area contributed by atoms with Crippen LogP contribution in [0.1, 0.15) is 37.7 Å². The van der Waals surface area contributed by atoms with E-state index in [2.05, 4.69) is 29.2 Å². The van der Waals surface area contributed by atoms with Gasteiger partial charge in [-0.15, -0.1) is 0 Å². The molecule has 0 unspecified atom stereocenters. The topological polar surface area (TPSA) is 23.5 Å². The van der Waals surface area contributed by atoms with Crippen molar-refractivity contribution in [3.63, 3.8) is 0 Å². The van der Waals surface area contributed by atoms with Gasteiger partial charge in [-0.3, -0.25) is 0 Å². The van der Waals surface area contributed by atoms with Gasteiger partial charge in [0.2, 0.25) is 0 Å². The molecular weight excluding hydrogens is 210 g/mol. The van der Waals surface area contributed by atoms with Crippen molar-refractivity contribution < 1.29 is 5.11 Å². The van der Waals surface area contributed by atoms with Crippen LogP contribution < -0.4 is 4.90 Å². The van der Waals surface area contributed by atoms with E-state index in [0.717, 1.165) is 13.1 Å². The highest BCUT2D eigenvalue weighted by Gasteiger charge is 2.42. The summed E-state index contributed by atoms with van der Waals surface area (Å²) in [6, 6.07) is 8.80. The van der Waals surface area contributed by atoms with Crippen LogP contribution in [0.2, 0.25) is 0 Å². The number of nitrogens with zero attached hydrogens (tertiary/aromatic N) is 1. The smallest absolute Gasteiger partial charge is 0.0606 e. The van der Waals surface area contributed by atoms with Crippen LogP contribution in [0.25, 0.3) is 0 Å². The summed E-state index contributed by atoms with van der Waals surface area (Å²) < 4.78 is 0. The van der Waals surface area contributed by atoms with Gasteiger partial charge in [0.15, 0.2) is 0 Å². The van der Waals surface area contributed by atoms with Gasteiger partial charge in [0, 0.05) is 24.2 Å². The van der Waals surface area contributed by atoms with Crippen LogP contribution in [-0.2, 0) is 5.41 Å². The molecule has 17 heavy (non-hydrogen) atoms. The predicted molar refractivity (Wildman–Crippen MR) is 70.5 cm³/mol. The molecule has 1 aliphatic carbocycles. The third-order valence-corrected chi connectivity index (χ3v) is 4.49. The summed E-state index contributed by atoms with van der Waals surface area (Å²) in [5.74, 6) is 0. The number of rotatable bonds is 2. The Balaban J connectivity index is 1.98. The Labute approximate surface area is 103 Å². The molecule has 1 spiro atoms. The van der Waals surface area contributed by atoms with Crippen LogP contribution in [-0.4, -0.2) is 24.8 Å². The Hall–Kier alpha value is -1.02. The largest absolute Gasteiger partial charge is 0.395 e. The maximum absolute atomic E-state index is 9.20. The lowest BCUT2D eigenvalue weighted by molar-refractivity contribution is 0.285. The Bertz CT molecular complexity index is 396. The molecule has 0 radical (unpaired) electrons. The maximum atomic E-state index is 9.20. The van der Waals surface area contributed by atoms with Crippen LogP contribution >= 0.6 is 0 Å². The van der Waals surface area contributed by atoms with Gasteiger partial charge in [-0.2, -0.15) is 0 Å². The number of β-amino-alcohol motifs (C(OH)–C–C–N with tert-alkyl or cyclic N) is 1. The second-order valence-electron chi connectivity index (χ2n) is 5.50. The third-order valence-electron chi connectivity index (χ3n) is 4.49. The first-order valence-corrected chi connectivity index (χ1v) is 6.81. The molecule has 0 saturated heterocycles. The van der Waals surface area contributed by atoms with Crippen molar-refractivity contribution in [2.24, 2.45) is 0 Å². The Morgan fingerprint density at radius 3 is 2.65 bits per heavy atom. The van der Waals surface area contributed by atoms with Gasteiger partial charge in [-0.25, -0.2) is 0 Å². The fourth-order valence-corrected chi connectivity index (χ4v) is 3.71. The molecule has 3 rings (SSSR count). The van der Waals surface area contributed by atoms with Gasteiger partial charge in [-0.1, -0.05) is 37.5 Å². The minimum atomic E-state index is 0.254. The monoisotopic (exact) mass is 231 g/mol. The van der Waals surface area contributed by atoms with Crippen molar-refractivity contribution >= 4 is 5.69 Å². The second-order valence-corrected chi connectivity index (χ2v) is 5.50. The molecule has 2 aliphatic rings. The molecule has 92 valence electrons. The summed E-state index contributed by atoms with van der Waals surface area (Å²) in [5, 5.41) is 9.20. The van der Waals surface area contributed by atoms with Gasteiger partial charge in [0.1, 0.15) is 0 Å². The first-order chi connectivity index (χ1) is 8.36. The quantitative estimate of drug-likeness (QED) is 0.846. The molecule has 2 heteroatoms. The average molecular weight is 231 g/mol. The molecule has 1 aromatic rings. The summed E-state index contributed by atoms with van der Waals surface area (Å²) >= 11 is 0. The minimum absolute atomic E-state index is 0.254. The van der Waals surface area contributed by atoms with Gasteiger partial charge in [0.25, 0.3) is 0 Å². The number of benzene rings is 1. The van der Waals surface area contributed by atoms with Crippen molar-refractivity contribution in [3.05, 3.63) is 29.8 Å². The first kappa shape index (κ1) is 11.1. The number of para-hydroxylation sites is 1. The van der Waals surface area contributed by atoms with E-state index in [4.69, 9.17) is 0 Å². The average Bonchev–Trinajstić information content (AvgIpc) is 2.66. The van der Waals surface area contributed by atoms with Gasteiger partial charge < -0.3 is 10.0 Å². The number of aliphatic hydroxyl groups is 1. The van der Waals surface area contributed by atoms with E-state index in [1.807, 2.05) is 0 Å². The van der Waals surface area contributed by atoms with Crippen LogP contribution in [0.15, 0.2) is 24.3 Å². The molecule has 1 aromatic carbocycles. The Kier molecular flexibility index (Phi) is 2.83. The highest BCUT2D eigenvalue weighted by molar-refractivity contribution is 5.62. The van der Waals surface area contributed by atoms with Crippen LogP contribution in [0.4, 0.5) is 5.69 Å². The van der Waals surface area contributed by atoms with E-state index in [-0.39, 0.29) is 6.61 Å². The Morgan fingerprint density at radius 1 is 1.12 bits per heavy atom. The number of hydrogen-bond donors (Lipinski definition) is 1. The normalized spacial score (nSPS) is 21.8. The van der Waals surface area contributed by atoms with Crippen molar-refractivity contribution in [1.29, 1.82) is 0 Å². The molecule has 1 fully saturated rings. The minimum Gasteiger partial charge on any atom is -0.395 e. The molecular formula is C15H21NO. The molecule has 0 amide bonds. The number of hydrogen-bond acceptors (Lipinski definition) is 2. The molecule has 1 aliphatic heterocycles. The molecule has 1 heterocycles. The van der Waals surface area contributed by atoms with E-state index in [9.17, 15) is 5.11 Å². The molecule has 0 aromatic heterocycles. The summed E-state index contributed by atoms with van der Waals surface area (Å²) in [7, 11) is 0. The number of fused-ring (bicyclic) bond motifs is 2. The van der Waals surface area contributed by atoms with E-state index in [0.29, 0.717) is 5.41 Å². The predicted octanol–water partition coefficient (Wildman–Crippen LogP) is 2.70. The van der Waals surface area contributed by atoms with Crippen LogP contribution in [0.5, 0.6) is 0 Å². The zero-order valence-electron chi connectivity index (χ0n) is 10.4. The van der Waals surface area contributed by atoms with Gasteiger partial charge in [-0.05, 0) is 24.5 Å². The lowest BCUT2D eigenvalue weighted by Crippen LogP contribution is -2.36. The molecule has 1 saturated carbocycles.